The highest BCUT2D eigenvalue weighted by Gasteiger charge is 2.78. The van der Waals surface area contributed by atoms with Crippen molar-refractivity contribution in [2.45, 2.75) is 164 Å². The minimum Gasteiger partial charge on any atom is -0.507 e. The van der Waals surface area contributed by atoms with Crippen molar-refractivity contribution in [3.05, 3.63) is 189 Å². The Morgan fingerprint density at radius 1 is 0.731 bits per heavy atom. The number of aromatic hydroxyl groups is 5. The number of aromatic amines is 2. The number of aryl methyl sites for hydroxylation is 1. The molecule has 7 fully saturated rings. The molecule has 10 aliphatic rings. The van der Waals surface area contributed by atoms with Crippen LogP contribution in [0.15, 0.2) is 134 Å². The third-order valence-corrected chi connectivity index (χ3v) is 26.8. The van der Waals surface area contributed by atoms with E-state index >= 15 is 0 Å². The molecule has 13 nitrogen and oxygen atoms in total. The van der Waals surface area contributed by atoms with E-state index < -0.39 is 11.5 Å². The largest absolute Gasteiger partial charge is 0.507 e. The summed E-state index contributed by atoms with van der Waals surface area (Å²) in [6.07, 6.45) is 37.4. The molecule has 3 saturated heterocycles. The minimum atomic E-state index is -0.570. The summed E-state index contributed by atoms with van der Waals surface area (Å²) in [4.78, 5) is 12.7. The smallest absolute Gasteiger partial charge is 0.169 e. The van der Waals surface area contributed by atoms with Gasteiger partial charge in [-0.05, 0) is 230 Å². The molecule has 6 aliphatic carbocycles. The summed E-state index contributed by atoms with van der Waals surface area (Å²) in [6.45, 7) is 3.56. The van der Waals surface area contributed by atoms with E-state index in [-0.39, 0.29) is 86.4 Å². The van der Waals surface area contributed by atoms with Crippen molar-refractivity contribution in [2.75, 3.05) is 26.3 Å². The summed E-state index contributed by atoms with van der Waals surface area (Å²) < 4.78 is 5.97. The van der Waals surface area contributed by atoms with Gasteiger partial charge in [0.1, 0.15) is 5.75 Å². The number of fused-ring (bicyclic) bond motifs is 9. The van der Waals surface area contributed by atoms with Gasteiger partial charge in [-0.3, -0.25) is 0 Å². The number of nitrogens with one attached hydrogen (secondary N) is 5. The number of piperidine rings is 2. The first-order chi connectivity index (χ1) is 45.4. The van der Waals surface area contributed by atoms with E-state index in [1.54, 1.807) is 23.8 Å². The van der Waals surface area contributed by atoms with Gasteiger partial charge in [0.2, 0.25) is 0 Å². The molecule has 93 heavy (non-hydrogen) atoms. The third kappa shape index (κ3) is 9.56. The van der Waals surface area contributed by atoms with Crippen LogP contribution >= 0.6 is 0 Å². The quantitative estimate of drug-likeness (QED) is 0.0226. The predicted molar refractivity (Wildman–Crippen MR) is 363 cm³/mol. The number of phenols is 5. The third-order valence-electron chi connectivity index (χ3n) is 26.8. The predicted octanol–water partition coefficient (Wildman–Crippen LogP) is 13.5. The first-order valence-corrected chi connectivity index (χ1v) is 35.5. The van der Waals surface area contributed by atoms with Gasteiger partial charge in [-0.25, -0.2) is 4.98 Å². The monoisotopic (exact) mass is 1250 g/mol. The number of imidazole rings is 1. The highest BCUT2D eigenvalue weighted by molar-refractivity contribution is 6.03. The number of aliphatic hydroxyl groups is 1. The number of allylic oxidation sites excluding steroid dienone is 1. The summed E-state index contributed by atoms with van der Waals surface area (Å²) in [6, 6.07) is 30.8. The van der Waals surface area contributed by atoms with Crippen LogP contribution in [0.25, 0.3) is 22.9 Å². The topological polar surface area (TPSA) is 211 Å². The zero-order chi connectivity index (χ0) is 62.8. The minimum absolute atomic E-state index is 0.000653. The number of H-pyrrole nitrogens is 2. The molecule has 3 spiro atoms. The Morgan fingerprint density at radius 2 is 1.60 bits per heavy atom. The van der Waals surface area contributed by atoms with Gasteiger partial charge in [0.25, 0.3) is 0 Å². The second kappa shape index (κ2) is 23.4. The van der Waals surface area contributed by atoms with E-state index in [4.69, 9.17) is 15.0 Å². The van der Waals surface area contributed by atoms with Crippen molar-refractivity contribution in [1.29, 1.82) is 0 Å². The van der Waals surface area contributed by atoms with Gasteiger partial charge in [-0.15, -0.1) is 0 Å². The van der Waals surface area contributed by atoms with E-state index in [1.165, 1.54) is 116 Å². The fourth-order valence-electron chi connectivity index (χ4n) is 22.9. The molecule has 16 unspecified atom stereocenters. The first kappa shape index (κ1) is 59.6. The Bertz CT molecular complexity index is 4050. The van der Waals surface area contributed by atoms with Gasteiger partial charge in [0, 0.05) is 90.5 Å². The van der Waals surface area contributed by atoms with Crippen LogP contribution in [0.3, 0.4) is 0 Å². The van der Waals surface area contributed by atoms with Crippen LogP contribution in [0.1, 0.15) is 158 Å². The fourth-order valence-corrected chi connectivity index (χ4v) is 22.9. The highest BCUT2D eigenvalue weighted by Crippen LogP contribution is 2.79. The maximum absolute atomic E-state index is 13.3. The molecule has 5 aromatic carbocycles. The van der Waals surface area contributed by atoms with E-state index in [2.05, 4.69) is 106 Å². The second-order valence-corrected chi connectivity index (χ2v) is 30.6. The van der Waals surface area contributed by atoms with Gasteiger partial charge in [0.05, 0.1) is 17.8 Å². The number of hydrogen-bond donors (Lipinski definition) is 11. The molecule has 4 aliphatic heterocycles. The lowest BCUT2D eigenvalue weighted by Crippen LogP contribution is -2.78. The van der Waals surface area contributed by atoms with Gasteiger partial charge < -0.3 is 61.3 Å². The molecule has 2 bridgehead atoms. The Balaban J connectivity index is 0.736. The molecular formula is C80H92N6O7. The van der Waals surface area contributed by atoms with E-state index in [0.717, 1.165) is 82.7 Å². The van der Waals surface area contributed by atoms with Gasteiger partial charge in [-0.1, -0.05) is 116 Å². The van der Waals surface area contributed by atoms with Crippen LogP contribution in [0, 0.1) is 51.8 Å². The molecule has 2 aromatic heterocycles. The number of rotatable bonds is 13. The van der Waals surface area contributed by atoms with Gasteiger partial charge in [0.15, 0.2) is 23.0 Å². The Morgan fingerprint density at radius 3 is 2.46 bits per heavy atom. The molecular weight excluding hydrogens is 1160 g/mol. The number of aromatic nitrogens is 3. The van der Waals surface area contributed by atoms with Crippen molar-refractivity contribution in [2.24, 2.45) is 51.8 Å². The van der Waals surface area contributed by atoms with E-state index in [0.29, 0.717) is 58.6 Å². The summed E-state index contributed by atoms with van der Waals surface area (Å²) in [5, 5.41) is 82.1. The number of nitrogens with zero attached hydrogens (tertiary/aromatic N) is 1. The average molecular weight is 1250 g/mol. The lowest BCUT2D eigenvalue weighted by Gasteiger charge is -2.75. The lowest BCUT2D eigenvalue weighted by atomic mass is 9.31. The molecule has 484 valence electrons. The van der Waals surface area contributed by atoms with E-state index in [1.807, 2.05) is 18.5 Å². The van der Waals surface area contributed by atoms with Crippen LogP contribution in [0.4, 0.5) is 0 Å². The van der Waals surface area contributed by atoms with Crippen LogP contribution in [0.5, 0.6) is 28.7 Å². The molecule has 0 radical (unpaired) electrons. The number of ether oxygens (including phenoxy) is 1. The standard InChI is InChI=1S/C80H92N6O7/c87-67-25-17-48(35-70(67)90)16-22-58-59-11-4-12-68(88)72(59)74(92)73(91)60(58)23-15-47-13-18-50(19-14-47)64-39-77(62-38-56-10-6-30-79(56)32-31-78-29-5-9-55(78)21-26-69(89)75(78)80(79,76(62)86-64)71-44-82-46-84-71)40-65-54(36-61(66(41-77)85-65)49-7-2-1-3-8-49)42-81-33-27-52-43-83-63-37-51-28-34-93-45-53(51)20-24-57(52)63/h1-4,7-8,11-14,16-19,21-22,25-26,35-36,43-44,46,51,53,55-56,61-62,64-66,69,75-76,81,83,85-92H,5-6,9-10,15,20,23-24,27-34,37-42,45H2,(H,82,84). The molecule has 7 aromatic rings. The molecule has 11 N–H and O–H groups in total. The fraction of sp³-hybridized carbons (Fsp3) is 0.487. The molecule has 17 rings (SSSR count). The normalized spacial score (nSPS) is 34.9. The van der Waals surface area contributed by atoms with Crippen molar-refractivity contribution >= 4 is 22.9 Å². The van der Waals surface area contributed by atoms with Crippen LogP contribution < -0.4 is 16.0 Å². The maximum Gasteiger partial charge on any atom is 0.169 e. The number of benzene rings is 5. The van der Waals surface area contributed by atoms with Crippen molar-refractivity contribution in [1.82, 2.24) is 30.9 Å². The first-order valence-electron chi connectivity index (χ1n) is 35.5. The number of hydrogen-bond acceptors (Lipinski definition) is 11. The summed E-state index contributed by atoms with van der Waals surface area (Å²) in [5.41, 5.74) is 12.3. The van der Waals surface area contributed by atoms with Crippen molar-refractivity contribution in [3.63, 3.8) is 0 Å². The van der Waals surface area contributed by atoms with E-state index in [9.17, 15) is 30.6 Å². The van der Waals surface area contributed by atoms with Crippen molar-refractivity contribution < 1.29 is 35.4 Å². The zero-order valence-electron chi connectivity index (χ0n) is 53.5. The average Bonchev–Trinajstić information content (AvgIpc) is 1.64. The van der Waals surface area contributed by atoms with Crippen molar-refractivity contribution in [3.8, 4) is 28.7 Å². The summed E-state index contributed by atoms with van der Waals surface area (Å²) >= 11 is 0. The Hall–Kier alpha value is -7.13. The van der Waals surface area contributed by atoms with Crippen LogP contribution in [-0.2, 0) is 42.3 Å². The SMILES string of the molecule is Oc1ccc(C=Cc2c(CCc3ccc(C4CC5(CC6NC(C5)C(c5ccccc5)C=C6CNCCc5c[nH]c6c5CCC5COCCC5C6)C5CC6CCCC67CCC68CCCC6C=CC(O)C8C7(c6cnc[nH]6)C5N4)cc3)c(O)c(O)c3c(O)cccc23)cc1O. The Kier molecular flexibility index (Phi) is 15.0. The zero-order valence-corrected chi connectivity index (χ0v) is 53.5. The van der Waals surface area contributed by atoms with Gasteiger partial charge >= 0.3 is 0 Å². The van der Waals surface area contributed by atoms with Crippen LogP contribution in [-0.4, -0.2) is 96.1 Å². The Labute approximate surface area is 546 Å². The molecule has 6 heterocycles. The lowest BCUT2D eigenvalue weighted by molar-refractivity contribution is -0.217. The molecule has 16 atom stereocenters. The number of phenolic OH excluding ortho intramolecular Hbond substituents is 5. The maximum atomic E-state index is 13.3. The van der Waals surface area contributed by atoms with Gasteiger partial charge in [-0.2, -0.15) is 0 Å². The molecule has 4 saturated carbocycles. The molecule has 0 amide bonds. The molecule has 13 heteroatoms. The summed E-state index contributed by atoms with van der Waals surface area (Å²) in [5.74, 6) is 1.72. The number of aliphatic hydroxyl groups excluding tert-OH is 1. The summed E-state index contributed by atoms with van der Waals surface area (Å²) in [7, 11) is 0. The van der Waals surface area contributed by atoms with Crippen LogP contribution in [0.2, 0.25) is 0 Å². The highest BCUT2D eigenvalue weighted by atomic mass is 16.5. The second-order valence-electron chi connectivity index (χ2n) is 30.6.